The average molecular weight is 472 g/mol. The highest BCUT2D eigenvalue weighted by Gasteiger charge is 2.19. The third kappa shape index (κ3) is 5.87. The molecule has 0 saturated heterocycles. The van der Waals surface area contributed by atoms with Crippen LogP contribution in [0.3, 0.4) is 0 Å². The number of halogens is 1. The van der Waals surface area contributed by atoms with Gasteiger partial charge in [-0.2, -0.15) is 0 Å². The zero-order valence-electron chi connectivity index (χ0n) is 17.5. The molecule has 0 heterocycles. The molecule has 0 fully saturated rings. The van der Waals surface area contributed by atoms with E-state index < -0.39 is 15.9 Å². The topological polar surface area (TPSA) is 95.6 Å². The number of rotatable bonds is 7. The Morgan fingerprint density at radius 3 is 2.19 bits per heavy atom. The van der Waals surface area contributed by atoms with E-state index >= 15 is 0 Å². The largest absolute Gasteiger partial charge is 0.332 e. The Labute approximate surface area is 192 Å². The second-order valence-corrected chi connectivity index (χ2v) is 9.27. The number of benzene rings is 3. The maximum Gasteiger partial charge on any atom is 0.261 e. The van der Waals surface area contributed by atoms with E-state index in [1.807, 2.05) is 19.1 Å². The molecule has 0 spiro atoms. The summed E-state index contributed by atoms with van der Waals surface area (Å²) in [4.78, 5) is 26.1. The molecule has 0 aliphatic rings. The number of nitrogens with zero attached hydrogens (tertiary/aromatic N) is 1. The van der Waals surface area contributed by atoms with Crippen LogP contribution in [-0.2, 0) is 14.8 Å². The Morgan fingerprint density at radius 1 is 0.938 bits per heavy atom. The second kappa shape index (κ2) is 9.84. The number of amides is 2. The predicted molar refractivity (Wildman–Crippen MR) is 125 cm³/mol. The van der Waals surface area contributed by atoms with Crippen molar-refractivity contribution in [3.05, 3.63) is 88.9 Å². The van der Waals surface area contributed by atoms with Gasteiger partial charge in [0.05, 0.1) is 22.2 Å². The predicted octanol–water partition coefficient (Wildman–Crippen LogP) is 4.16. The highest BCUT2D eigenvalue weighted by molar-refractivity contribution is 7.92. The van der Waals surface area contributed by atoms with Crippen LogP contribution in [0.2, 0.25) is 5.02 Å². The molecular formula is C23H22ClN3O4S. The highest BCUT2D eigenvalue weighted by Crippen LogP contribution is 2.24. The van der Waals surface area contributed by atoms with Gasteiger partial charge in [0.2, 0.25) is 5.91 Å². The maximum absolute atomic E-state index is 12.6. The number of aryl methyl sites for hydroxylation is 1. The van der Waals surface area contributed by atoms with E-state index in [-0.39, 0.29) is 33.6 Å². The molecule has 32 heavy (non-hydrogen) atoms. The lowest BCUT2D eigenvalue weighted by Gasteiger charge is -2.17. The van der Waals surface area contributed by atoms with Crippen molar-refractivity contribution in [3.8, 4) is 0 Å². The van der Waals surface area contributed by atoms with E-state index in [4.69, 9.17) is 11.6 Å². The number of hydrogen-bond acceptors (Lipinski definition) is 4. The zero-order chi connectivity index (χ0) is 23.3. The number of anilines is 2. The number of hydrogen-bond donors (Lipinski definition) is 2. The molecule has 0 bridgehead atoms. The van der Waals surface area contributed by atoms with E-state index in [2.05, 4.69) is 10.0 Å². The first-order valence-corrected chi connectivity index (χ1v) is 11.5. The van der Waals surface area contributed by atoms with Crippen molar-refractivity contribution >= 4 is 44.8 Å². The molecule has 166 valence electrons. The van der Waals surface area contributed by atoms with Gasteiger partial charge in [-0.3, -0.25) is 14.3 Å². The zero-order valence-corrected chi connectivity index (χ0v) is 19.1. The minimum atomic E-state index is -3.88. The molecular weight excluding hydrogens is 450 g/mol. The highest BCUT2D eigenvalue weighted by atomic mass is 35.5. The molecule has 2 amide bonds. The number of para-hydroxylation sites is 1. The first-order valence-electron chi connectivity index (χ1n) is 9.65. The summed E-state index contributed by atoms with van der Waals surface area (Å²) in [5, 5.41) is 3.00. The van der Waals surface area contributed by atoms with Gasteiger partial charge >= 0.3 is 0 Å². The Morgan fingerprint density at radius 2 is 1.56 bits per heavy atom. The molecule has 0 aliphatic carbocycles. The minimum absolute atomic E-state index is 0.0197. The Bertz CT molecular complexity index is 1230. The van der Waals surface area contributed by atoms with Gasteiger partial charge in [-0.15, -0.1) is 0 Å². The van der Waals surface area contributed by atoms with Crippen LogP contribution in [0.15, 0.2) is 77.7 Å². The monoisotopic (exact) mass is 471 g/mol. The smallest absolute Gasteiger partial charge is 0.261 e. The van der Waals surface area contributed by atoms with Crippen LogP contribution in [0.25, 0.3) is 0 Å². The average Bonchev–Trinajstić information content (AvgIpc) is 2.76. The lowest BCUT2D eigenvalue weighted by Crippen LogP contribution is -2.34. The van der Waals surface area contributed by atoms with Gasteiger partial charge in [0.1, 0.15) is 0 Å². The normalized spacial score (nSPS) is 11.0. The van der Waals surface area contributed by atoms with Gasteiger partial charge in [-0.1, -0.05) is 41.4 Å². The molecule has 0 unspecified atom stereocenters. The van der Waals surface area contributed by atoms with Crippen LogP contribution >= 0.6 is 11.6 Å². The summed E-state index contributed by atoms with van der Waals surface area (Å²) in [7, 11) is -2.38. The molecule has 0 radical (unpaired) electrons. The Balaban J connectivity index is 1.64. The van der Waals surface area contributed by atoms with Crippen LogP contribution < -0.4 is 10.0 Å². The summed E-state index contributed by atoms with van der Waals surface area (Å²) >= 11 is 6.01. The van der Waals surface area contributed by atoms with Gasteiger partial charge in [-0.05, 0) is 55.5 Å². The van der Waals surface area contributed by atoms with Crippen molar-refractivity contribution in [2.45, 2.75) is 11.8 Å². The van der Waals surface area contributed by atoms with Gasteiger partial charge in [-0.25, -0.2) is 8.42 Å². The summed E-state index contributed by atoms with van der Waals surface area (Å²) in [5.74, 6) is -0.750. The molecule has 0 aliphatic heterocycles. The first kappa shape index (κ1) is 23.3. The van der Waals surface area contributed by atoms with Gasteiger partial charge in [0, 0.05) is 18.3 Å². The van der Waals surface area contributed by atoms with E-state index in [9.17, 15) is 18.0 Å². The molecule has 3 rings (SSSR count). The SMILES string of the molecule is Cc1ccc(NC(=O)CN(C)C(=O)c2ccc(S(=O)(=O)Nc3ccccc3Cl)cc2)cc1. The third-order valence-corrected chi connectivity index (χ3v) is 6.30. The summed E-state index contributed by atoms with van der Waals surface area (Å²) in [6, 6.07) is 19.3. The fourth-order valence-electron chi connectivity index (χ4n) is 2.87. The van der Waals surface area contributed by atoms with Crippen molar-refractivity contribution < 1.29 is 18.0 Å². The van der Waals surface area contributed by atoms with Crippen molar-refractivity contribution in [1.82, 2.24) is 4.90 Å². The molecule has 0 saturated carbocycles. The molecule has 9 heteroatoms. The lowest BCUT2D eigenvalue weighted by molar-refractivity contribution is -0.116. The fraction of sp³-hybridized carbons (Fsp3) is 0.130. The molecule has 0 aromatic heterocycles. The fourth-order valence-corrected chi connectivity index (χ4v) is 4.19. The molecule has 2 N–H and O–H groups in total. The number of carbonyl (C=O) groups excluding carboxylic acids is 2. The van der Waals surface area contributed by atoms with Crippen molar-refractivity contribution in [2.24, 2.45) is 0 Å². The van der Waals surface area contributed by atoms with Gasteiger partial charge < -0.3 is 10.2 Å². The Kier molecular flexibility index (Phi) is 7.17. The van der Waals surface area contributed by atoms with Crippen LogP contribution in [0.4, 0.5) is 11.4 Å². The van der Waals surface area contributed by atoms with Crippen LogP contribution in [0.5, 0.6) is 0 Å². The van der Waals surface area contributed by atoms with E-state index in [1.165, 1.54) is 36.2 Å². The Hall–Kier alpha value is -3.36. The van der Waals surface area contributed by atoms with Crippen LogP contribution in [0, 0.1) is 6.92 Å². The molecule has 3 aromatic carbocycles. The van der Waals surface area contributed by atoms with Crippen molar-refractivity contribution in [2.75, 3.05) is 23.6 Å². The number of carbonyl (C=O) groups is 2. The van der Waals surface area contributed by atoms with E-state index in [0.717, 1.165) is 5.56 Å². The van der Waals surface area contributed by atoms with E-state index in [0.29, 0.717) is 5.69 Å². The molecule has 3 aromatic rings. The standard InChI is InChI=1S/C23H22ClN3O4S/c1-16-7-11-18(12-8-16)25-22(28)15-27(2)23(29)17-9-13-19(14-10-17)32(30,31)26-21-6-4-3-5-20(21)24/h3-14,26H,15H2,1-2H3,(H,25,28). The minimum Gasteiger partial charge on any atom is -0.332 e. The first-order chi connectivity index (χ1) is 15.2. The summed E-state index contributed by atoms with van der Waals surface area (Å²) in [6.45, 7) is 1.79. The summed E-state index contributed by atoms with van der Waals surface area (Å²) < 4.78 is 27.6. The quantitative estimate of drug-likeness (QED) is 0.540. The number of sulfonamides is 1. The number of nitrogens with one attached hydrogen (secondary N) is 2. The lowest BCUT2D eigenvalue weighted by atomic mass is 10.2. The molecule has 0 atom stereocenters. The van der Waals surface area contributed by atoms with Gasteiger partial charge in [0.15, 0.2) is 0 Å². The number of likely N-dealkylation sites (N-methyl/N-ethyl adjacent to an activating group) is 1. The van der Waals surface area contributed by atoms with Crippen LogP contribution in [-0.4, -0.2) is 38.7 Å². The van der Waals surface area contributed by atoms with Gasteiger partial charge in [0.25, 0.3) is 15.9 Å². The maximum atomic E-state index is 12.6. The summed E-state index contributed by atoms with van der Waals surface area (Å²) in [6.07, 6.45) is 0. The van der Waals surface area contributed by atoms with Crippen LogP contribution in [0.1, 0.15) is 15.9 Å². The second-order valence-electron chi connectivity index (χ2n) is 7.19. The van der Waals surface area contributed by atoms with Crippen molar-refractivity contribution in [1.29, 1.82) is 0 Å². The summed E-state index contributed by atoms with van der Waals surface area (Å²) in [5.41, 5.74) is 2.23. The molecule has 7 nitrogen and oxygen atoms in total. The van der Waals surface area contributed by atoms with Crippen molar-refractivity contribution in [3.63, 3.8) is 0 Å². The third-order valence-electron chi connectivity index (χ3n) is 4.59. The van der Waals surface area contributed by atoms with E-state index in [1.54, 1.807) is 36.4 Å².